The topological polar surface area (TPSA) is 99.2 Å². The molecule has 1 saturated heterocycles. The highest BCUT2D eigenvalue weighted by Crippen LogP contribution is 2.22. The summed E-state index contributed by atoms with van der Waals surface area (Å²) in [7, 11) is 0. The van der Waals surface area contributed by atoms with Gasteiger partial charge >= 0.3 is 5.97 Å². The Bertz CT molecular complexity index is 471. The van der Waals surface area contributed by atoms with E-state index in [9.17, 15) is 9.59 Å². The molecule has 1 fully saturated rings. The van der Waals surface area contributed by atoms with Crippen molar-refractivity contribution in [2.24, 2.45) is 5.92 Å². The van der Waals surface area contributed by atoms with E-state index in [4.69, 9.17) is 5.11 Å². The number of aliphatic carboxylic acids is 1. The molecule has 2 rings (SSSR count). The molecule has 0 aromatic carbocycles. The zero-order valence-corrected chi connectivity index (χ0v) is 10.9. The predicted molar refractivity (Wildman–Crippen MR) is 66.6 cm³/mol. The molecule has 19 heavy (non-hydrogen) atoms. The van der Waals surface area contributed by atoms with Crippen LogP contribution in [0.2, 0.25) is 0 Å². The van der Waals surface area contributed by atoms with Gasteiger partial charge < -0.3 is 10.0 Å². The van der Waals surface area contributed by atoms with Crippen molar-refractivity contribution in [3.63, 3.8) is 0 Å². The molecule has 1 aliphatic heterocycles. The van der Waals surface area contributed by atoms with Crippen LogP contribution in [0.5, 0.6) is 0 Å². The Morgan fingerprint density at radius 2 is 2.26 bits per heavy atom. The Morgan fingerprint density at radius 1 is 1.47 bits per heavy atom. The van der Waals surface area contributed by atoms with Gasteiger partial charge in [0.15, 0.2) is 5.69 Å². The number of nitrogens with one attached hydrogen (secondary N) is 1. The van der Waals surface area contributed by atoms with E-state index in [0.717, 1.165) is 12.8 Å². The molecule has 2 N–H and O–H groups in total. The number of H-pyrrole nitrogens is 1. The van der Waals surface area contributed by atoms with E-state index in [1.807, 2.05) is 0 Å². The van der Waals surface area contributed by atoms with Gasteiger partial charge in [0, 0.05) is 19.5 Å². The number of carbonyl (C=O) groups is 2. The van der Waals surface area contributed by atoms with Crippen LogP contribution in [0.25, 0.3) is 0 Å². The highest BCUT2D eigenvalue weighted by Gasteiger charge is 2.27. The Balaban J connectivity index is 1.95. The molecule has 1 aromatic heterocycles. The number of piperidine rings is 1. The van der Waals surface area contributed by atoms with E-state index in [0.29, 0.717) is 30.9 Å². The van der Waals surface area contributed by atoms with Crippen LogP contribution in [-0.4, -0.2) is 50.4 Å². The van der Waals surface area contributed by atoms with Gasteiger partial charge in [-0.05, 0) is 32.1 Å². The first-order valence-electron chi connectivity index (χ1n) is 6.46. The predicted octanol–water partition coefficient (Wildman–Crippen LogP) is 0.830. The summed E-state index contributed by atoms with van der Waals surface area (Å²) in [5.41, 5.74) is 0.955. The summed E-state index contributed by atoms with van der Waals surface area (Å²) in [6.45, 7) is 3.05. The Morgan fingerprint density at radius 3 is 2.89 bits per heavy atom. The van der Waals surface area contributed by atoms with E-state index in [2.05, 4.69) is 15.4 Å². The van der Waals surface area contributed by atoms with Gasteiger partial charge in [-0.25, -0.2) is 0 Å². The first-order chi connectivity index (χ1) is 9.08. The van der Waals surface area contributed by atoms with Gasteiger partial charge in [-0.3, -0.25) is 9.59 Å². The van der Waals surface area contributed by atoms with Crippen LogP contribution in [-0.2, 0) is 4.79 Å². The number of aromatic amines is 1. The van der Waals surface area contributed by atoms with Crippen LogP contribution in [0.1, 0.15) is 41.9 Å². The smallest absolute Gasteiger partial charge is 0.303 e. The Kier molecular flexibility index (Phi) is 4.13. The molecule has 1 aromatic rings. The van der Waals surface area contributed by atoms with Crippen LogP contribution < -0.4 is 0 Å². The first kappa shape index (κ1) is 13.5. The van der Waals surface area contributed by atoms with Crippen molar-refractivity contribution in [3.05, 3.63) is 11.4 Å². The van der Waals surface area contributed by atoms with Crippen LogP contribution in [0.4, 0.5) is 0 Å². The number of likely N-dealkylation sites (tertiary alicyclic amines) is 1. The molecule has 7 nitrogen and oxygen atoms in total. The highest BCUT2D eigenvalue weighted by molar-refractivity contribution is 5.93. The third kappa shape index (κ3) is 3.30. The second-order valence-corrected chi connectivity index (χ2v) is 4.95. The quantitative estimate of drug-likeness (QED) is 0.841. The van der Waals surface area contributed by atoms with Crippen molar-refractivity contribution in [2.75, 3.05) is 13.1 Å². The summed E-state index contributed by atoms with van der Waals surface area (Å²) >= 11 is 0. The molecule has 0 spiro atoms. The van der Waals surface area contributed by atoms with Crippen molar-refractivity contribution < 1.29 is 14.7 Å². The monoisotopic (exact) mass is 266 g/mol. The molecular formula is C12H18N4O3. The van der Waals surface area contributed by atoms with E-state index in [1.54, 1.807) is 11.8 Å². The van der Waals surface area contributed by atoms with Gasteiger partial charge in [0.05, 0.1) is 5.69 Å². The maximum atomic E-state index is 12.3. The number of aryl methyl sites for hydroxylation is 1. The van der Waals surface area contributed by atoms with Crippen molar-refractivity contribution in [1.82, 2.24) is 20.3 Å². The van der Waals surface area contributed by atoms with E-state index < -0.39 is 5.97 Å². The molecule has 1 atom stereocenters. The number of carbonyl (C=O) groups excluding carboxylic acids is 1. The number of carboxylic acid groups (broad SMARTS) is 1. The Hall–Kier alpha value is -1.92. The number of aromatic nitrogens is 3. The lowest BCUT2D eigenvalue weighted by Crippen LogP contribution is -2.40. The van der Waals surface area contributed by atoms with Crippen LogP contribution in [0, 0.1) is 12.8 Å². The minimum absolute atomic E-state index is 0.119. The average Bonchev–Trinajstić information content (AvgIpc) is 2.82. The summed E-state index contributed by atoms with van der Waals surface area (Å²) < 4.78 is 0. The molecule has 7 heteroatoms. The lowest BCUT2D eigenvalue weighted by molar-refractivity contribution is -0.137. The molecule has 0 unspecified atom stereocenters. The highest BCUT2D eigenvalue weighted by atomic mass is 16.4. The zero-order valence-electron chi connectivity index (χ0n) is 10.9. The first-order valence-corrected chi connectivity index (χ1v) is 6.46. The fraction of sp³-hybridized carbons (Fsp3) is 0.667. The van der Waals surface area contributed by atoms with Gasteiger partial charge in [0.25, 0.3) is 5.91 Å². The van der Waals surface area contributed by atoms with Crippen molar-refractivity contribution >= 4 is 11.9 Å². The van der Waals surface area contributed by atoms with E-state index >= 15 is 0 Å². The van der Waals surface area contributed by atoms with Gasteiger partial charge in [-0.15, -0.1) is 0 Å². The number of hydrogen-bond acceptors (Lipinski definition) is 4. The minimum atomic E-state index is -0.782. The second-order valence-electron chi connectivity index (χ2n) is 4.95. The van der Waals surface area contributed by atoms with Gasteiger partial charge in [0.2, 0.25) is 0 Å². The summed E-state index contributed by atoms with van der Waals surface area (Å²) in [5.74, 6) is -0.636. The molecule has 1 amide bonds. The fourth-order valence-electron chi connectivity index (χ4n) is 2.45. The molecule has 104 valence electrons. The number of amides is 1. The third-order valence-electron chi connectivity index (χ3n) is 3.50. The Labute approximate surface area is 111 Å². The summed E-state index contributed by atoms with van der Waals surface area (Å²) in [6.07, 6.45) is 2.67. The van der Waals surface area contributed by atoms with E-state index in [-0.39, 0.29) is 18.2 Å². The largest absolute Gasteiger partial charge is 0.481 e. The fourth-order valence-corrected chi connectivity index (χ4v) is 2.45. The summed E-state index contributed by atoms with van der Waals surface area (Å²) in [4.78, 5) is 24.6. The van der Waals surface area contributed by atoms with Crippen LogP contribution in [0.15, 0.2) is 0 Å². The molecule has 1 aliphatic rings. The maximum absolute atomic E-state index is 12.3. The van der Waals surface area contributed by atoms with Crippen LogP contribution in [0.3, 0.4) is 0 Å². The summed E-state index contributed by atoms with van der Waals surface area (Å²) in [6, 6.07) is 0. The van der Waals surface area contributed by atoms with Gasteiger partial charge in [-0.2, -0.15) is 15.4 Å². The van der Waals surface area contributed by atoms with Gasteiger partial charge in [0.1, 0.15) is 0 Å². The van der Waals surface area contributed by atoms with Gasteiger partial charge in [-0.1, -0.05) is 0 Å². The second kappa shape index (κ2) is 5.81. The molecule has 0 radical (unpaired) electrons. The molecule has 2 heterocycles. The third-order valence-corrected chi connectivity index (χ3v) is 3.50. The molecule has 0 bridgehead atoms. The number of carboxylic acids is 1. The average molecular weight is 266 g/mol. The van der Waals surface area contributed by atoms with E-state index in [1.165, 1.54) is 0 Å². The summed E-state index contributed by atoms with van der Waals surface area (Å²) in [5, 5.41) is 18.9. The lowest BCUT2D eigenvalue weighted by atomic mass is 9.93. The van der Waals surface area contributed by atoms with Crippen LogP contribution >= 0.6 is 0 Å². The lowest BCUT2D eigenvalue weighted by Gasteiger charge is -2.32. The normalized spacial score (nSPS) is 19.4. The zero-order chi connectivity index (χ0) is 13.8. The van der Waals surface area contributed by atoms with Crippen molar-refractivity contribution in [2.45, 2.75) is 32.6 Å². The molecule has 0 saturated carbocycles. The van der Waals surface area contributed by atoms with Crippen molar-refractivity contribution in [3.8, 4) is 0 Å². The maximum Gasteiger partial charge on any atom is 0.303 e. The minimum Gasteiger partial charge on any atom is -0.481 e. The molecular weight excluding hydrogens is 248 g/mol. The standard InChI is InChI=1S/C12H18N4O3/c1-8-11(14-15-13-8)12(19)16-6-2-3-9(7-16)4-5-10(17)18/h9H,2-7H2,1H3,(H,17,18)(H,13,14,15)/t9-/m0/s1. The molecule has 0 aliphatic carbocycles. The number of hydrogen-bond donors (Lipinski definition) is 2. The number of nitrogens with zero attached hydrogens (tertiary/aromatic N) is 3. The SMILES string of the molecule is Cc1n[nH]nc1C(=O)N1CCC[C@@H](CCC(=O)O)C1. The number of rotatable bonds is 4. The van der Waals surface area contributed by atoms with Crippen molar-refractivity contribution in [1.29, 1.82) is 0 Å².